The van der Waals surface area contributed by atoms with Gasteiger partial charge in [-0.25, -0.2) is 0 Å². The Kier molecular flexibility index (Phi) is 4.56. The monoisotopic (exact) mass is 228 g/mol. The summed E-state index contributed by atoms with van der Waals surface area (Å²) in [6, 6.07) is -0.197. The number of nitrogens with one attached hydrogen (secondary N) is 2. The van der Waals surface area contributed by atoms with Crippen LogP contribution < -0.4 is 10.6 Å². The minimum Gasteiger partial charge on any atom is -0.378 e. The van der Waals surface area contributed by atoms with Crippen LogP contribution in [0.5, 0.6) is 0 Å². The molecule has 2 aliphatic rings. The maximum Gasteiger partial charge on any atom is 0.239 e. The van der Waals surface area contributed by atoms with Gasteiger partial charge < -0.3 is 20.1 Å². The molecule has 2 heterocycles. The molecular weight excluding hydrogens is 208 g/mol. The van der Waals surface area contributed by atoms with Crippen LogP contribution in [0.15, 0.2) is 0 Å². The van der Waals surface area contributed by atoms with Gasteiger partial charge in [-0.15, -0.1) is 0 Å². The van der Waals surface area contributed by atoms with Crippen molar-refractivity contribution < 1.29 is 14.3 Å². The van der Waals surface area contributed by atoms with Crippen LogP contribution in [0.4, 0.5) is 0 Å². The fraction of sp³-hybridized carbons (Fsp3) is 0.909. The Balaban J connectivity index is 1.65. The average Bonchev–Trinajstić information content (AvgIpc) is 2.38. The zero-order chi connectivity index (χ0) is 11.2. The lowest BCUT2D eigenvalue weighted by Crippen LogP contribution is -2.52. The van der Waals surface area contributed by atoms with Gasteiger partial charge in [-0.2, -0.15) is 0 Å². The van der Waals surface area contributed by atoms with E-state index in [2.05, 4.69) is 10.6 Å². The largest absolute Gasteiger partial charge is 0.378 e. The lowest BCUT2D eigenvalue weighted by molar-refractivity contribution is -0.126. The van der Waals surface area contributed by atoms with Crippen molar-refractivity contribution in [1.29, 1.82) is 0 Å². The van der Waals surface area contributed by atoms with E-state index in [0.717, 1.165) is 26.0 Å². The van der Waals surface area contributed by atoms with Crippen LogP contribution >= 0.6 is 0 Å². The molecule has 1 amide bonds. The van der Waals surface area contributed by atoms with E-state index < -0.39 is 0 Å². The van der Waals surface area contributed by atoms with Crippen molar-refractivity contribution in [3.05, 3.63) is 0 Å². The molecule has 0 radical (unpaired) electrons. The smallest absolute Gasteiger partial charge is 0.239 e. The predicted octanol–water partition coefficient (Wildman–Crippen LogP) is -0.340. The molecule has 2 atom stereocenters. The molecule has 0 aromatic heterocycles. The Morgan fingerprint density at radius 3 is 3.00 bits per heavy atom. The molecule has 0 aliphatic carbocycles. The minimum absolute atomic E-state index is 0.0221. The first-order valence-electron chi connectivity index (χ1n) is 6.07. The highest BCUT2D eigenvalue weighted by atomic mass is 16.5. The van der Waals surface area contributed by atoms with Gasteiger partial charge in [0.05, 0.1) is 19.3 Å². The summed E-state index contributed by atoms with van der Waals surface area (Å²) < 4.78 is 10.8. The van der Waals surface area contributed by atoms with Gasteiger partial charge >= 0.3 is 0 Å². The van der Waals surface area contributed by atoms with Crippen LogP contribution in [0.1, 0.15) is 19.3 Å². The molecule has 0 spiro atoms. The van der Waals surface area contributed by atoms with E-state index in [-0.39, 0.29) is 18.1 Å². The Labute approximate surface area is 95.9 Å². The van der Waals surface area contributed by atoms with E-state index >= 15 is 0 Å². The van der Waals surface area contributed by atoms with Crippen molar-refractivity contribution in [2.24, 2.45) is 0 Å². The summed E-state index contributed by atoms with van der Waals surface area (Å²) in [6.45, 7) is 3.35. The first-order valence-corrected chi connectivity index (χ1v) is 6.07. The number of morpholine rings is 1. The Hall–Kier alpha value is -0.650. The number of carbonyl (C=O) groups excluding carboxylic acids is 1. The highest BCUT2D eigenvalue weighted by Crippen LogP contribution is 2.11. The van der Waals surface area contributed by atoms with Crippen LogP contribution in [-0.2, 0) is 14.3 Å². The quantitative estimate of drug-likeness (QED) is 0.694. The molecule has 2 rings (SSSR count). The van der Waals surface area contributed by atoms with Crippen LogP contribution in [0, 0.1) is 0 Å². The first kappa shape index (κ1) is 11.8. The van der Waals surface area contributed by atoms with Gasteiger partial charge in [0, 0.05) is 19.7 Å². The second-order valence-electron chi connectivity index (χ2n) is 4.32. The number of rotatable bonds is 3. The first-order chi connectivity index (χ1) is 7.86. The average molecular weight is 228 g/mol. The molecule has 0 aromatic rings. The van der Waals surface area contributed by atoms with E-state index in [1.807, 2.05) is 0 Å². The van der Waals surface area contributed by atoms with E-state index in [0.29, 0.717) is 19.8 Å². The molecule has 2 saturated heterocycles. The Bertz CT molecular complexity index is 223. The summed E-state index contributed by atoms with van der Waals surface area (Å²) >= 11 is 0. The molecular formula is C11H20N2O3. The predicted molar refractivity (Wildman–Crippen MR) is 59.2 cm³/mol. The van der Waals surface area contributed by atoms with Crippen LogP contribution in [0.2, 0.25) is 0 Å². The zero-order valence-electron chi connectivity index (χ0n) is 9.54. The Morgan fingerprint density at radius 1 is 1.38 bits per heavy atom. The van der Waals surface area contributed by atoms with Gasteiger partial charge in [-0.1, -0.05) is 0 Å². The van der Waals surface area contributed by atoms with Gasteiger partial charge in [0.25, 0.3) is 0 Å². The maximum atomic E-state index is 11.7. The van der Waals surface area contributed by atoms with E-state index in [4.69, 9.17) is 9.47 Å². The van der Waals surface area contributed by atoms with Crippen molar-refractivity contribution >= 4 is 5.91 Å². The van der Waals surface area contributed by atoms with E-state index in [1.54, 1.807) is 0 Å². The third-order valence-electron chi connectivity index (χ3n) is 3.02. The molecule has 0 bridgehead atoms. The third kappa shape index (κ3) is 3.43. The molecule has 2 N–H and O–H groups in total. The van der Waals surface area contributed by atoms with Crippen LogP contribution in [-0.4, -0.2) is 51.0 Å². The number of amides is 1. The highest BCUT2D eigenvalue weighted by molar-refractivity contribution is 5.82. The fourth-order valence-corrected chi connectivity index (χ4v) is 2.04. The van der Waals surface area contributed by atoms with Crippen molar-refractivity contribution in [2.75, 3.05) is 32.9 Å². The molecule has 0 saturated carbocycles. The number of carbonyl (C=O) groups is 1. The van der Waals surface area contributed by atoms with Crippen LogP contribution in [0.25, 0.3) is 0 Å². The van der Waals surface area contributed by atoms with Gasteiger partial charge in [-0.05, 0) is 19.3 Å². The summed E-state index contributed by atoms with van der Waals surface area (Å²) in [5.74, 6) is 0.0221. The summed E-state index contributed by atoms with van der Waals surface area (Å²) in [4.78, 5) is 11.7. The number of hydrogen-bond acceptors (Lipinski definition) is 4. The van der Waals surface area contributed by atoms with Gasteiger partial charge in [0.2, 0.25) is 5.91 Å². The Morgan fingerprint density at radius 2 is 2.31 bits per heavy atom. The molecule has 2 unspecified atom stereocenters. The number of ether oxygens (including phenoxy) is 2. The number of hydrogen-bond donors (Lipinski definition) is 2. The minimum atomic E-state index is -0.197. The SMILES string of the molecule is O=C(NCC1CCCCO1)C1COCCN1. The zero-order valence-corrected chi connectivity index (χ0v) is 9.54. The van der Waals surface area contributed by atoms with Crippen molar-refractivity contribution in [1.82, 2.24) is 10.6 Å². The second-order valence-corrected chi connectivity index (χ2v) is 4.32. The lowest BCUT2D eigenvalue weighted by atomic mass is 10.1. The van der Waals surface area contributed by atoms with Crippen molar-refractivity contribution in [3.63, 3.8) is 0 Å². The molecule has 16 heavy (non-hydrogen) atoms. The highest BCUT2D eigenvalue weighted by Gasteiger charge is 2.22. The molecule has 0 aromatic carbocycles. The summed E-state index contributed by atoms with van der Waals surface area (Å²) in [5.41, 5.74) is 0. The standard InChI is InChI=1S/C11H20N2O3/c14-11(10-8-15-6-4-12-10)13-7-9-3-1-2-5-16-9/h9-10,12H,1-8H2,(H,13,14). The maximum absolute atomic E-state index is 11.7. The van der Waals surface area contributed by atoms with E-state index in [9.17, 15) is 4.79 Å². The summed E-state index contributed by atoms with van der Waals surface area (Å²) in [5, 5.41) is 6.04. The molecule has 5 heteroatoms. The van der Waals surface area contributed by atoms with Gasteiger partial charge in [0.15, 0.2) is 0 Å². The van der Waals surface area contributed by atoms with Crippen molar-refractivity contribution in [3.8, 4) is 0 Å². The molecule has 5 nitrogen and oxygen atoms in total. The normalized spacial score (nSPS) is 31.0. The fourth-order valence-electron chi connectivity index (χ4n) is 2.04. The van der Waals surface area contributed by atoms with Crippen molar-refractivity contribution in [2.45, 2.75) is 31.4 Å². The third-order valence-corrected chi connectivity index (χ3v) is 3.02. The molecule has 92 valence electrons. The van der Waals surface area contributed by atoms with Gasteiger partial charge in [-0.3, -0.25) is 4.79 Å². The molecule has 2 aliphatic heterocycles. The van der Waals surface area contributed by atoms with Gasteiger partial charge in [0.1, 0.15) is 6.04 Å². The lowest BCUT2D eigenvalue weighted by Gasteiger charge is -2.26. The topological polar surface area (TPSA) is 59.6 Å². The second kappa shape index (κ2) is 6.18. The van der Waals surface area contributed by atoms with E-state index in [1.165, 1.54) is 6.42 Å². The summed E-state index contributed by atoms with van der Waals surface area (Å²) in [7, 11) is 0. The molecule has 2 fully saturated rings. The summed E-state index contributed by atoms with van der Waals surface area (Å²) in [6.07, 6.45) is 3.59. The van der Waals surface area contributed by atoms with Crippen LogP contribution in [0.3, 0.4) is 0 Å².